The van der Waals surface area contributed by atoms with Crippen LogP contribution >= 0.6 is 36.2 Å². The summed E-state index contributed by atoms with van der Waals surface area (Å²) in [6.45, 7) is 1.93. The highest BCUT2D eigenvalue weighted by Crippen LogP contribution is 2.30. The maximum atomic E-state index is 12.4. The number of aromatic nitrogens is 3. The van der Waals surface area contributed by atoms with E-state index in [1.807, 2.05) is 0 Å². The molecule has 0 radical (unpaired) electrons. The van der Waals surface area contributed by atoms with Crippen LogP contribution in [0.3, 0.4) is 0 Å². The van der Waals surface area contributed by atoms with Crippen molar-refractivity contribution in [2.24, 2.45) is 11.5 Å². The number of ether oxygens (including phenoxy) is 2. The predicted molar refractivity (Wildman–Crippen MR) is 429 cm³/mol. The highest BCUT2D eigenvalue weighted by atomic mass is 32.2. The number of aliphatic carboxylic acids is 6. The van der Waals surface area contributed by atoms with Gasteiger partial charge in [-0.25, -0.2) is 24.5 Å². The molecule has 4 heterocycles. The van der Waals surface area contributed by atoms with Crippen molar-refractivity contribution >= 4 is 158 Å². The number of esters is 2. The second-order valence-electron chi connectivity index (χ2n) is 25.2. The molecule has 3 aromatic rings. The van der Waals surface area contributed by atoms with Gasteiger partial charge in [-0.2, -0.15) is 24.4 Å². The van der Waals surface area contributed by atoms with Crippen LogP contribution in [0.25, 0.3) is 67.7 Å². The fraction of sp³-hybridized carbons (Fsp3) is 0.303. The van der Waals surface area contributed by atoms with Gasteiger partial charge < -0.3 is 102 Å². The molecule has 17 N–H and O–H groups in total. The molecule has 3 aliphatic carbocycles. The predicted octanol–water partition coefficient (Wildman–Crippen LogP) is 1.77. The Morgan fingerprint density at radius 3 is 1.55 bits per heavy atom. The smallest absolute Gasteiger partial charge is 0.335 e. The normalized spacial score (nSPS) is 14.2. The van der Waals surface area contributed by atoms with Gasteiger partial charge in [0, 0.05) is 104 Å². The van der Waals surface area contributed by atoms with Crippen LogP contribution in [-0.4, -0.2) is 218 Å². The summed E-state index contributed by atoms with van der Waals surface area (Å²) in [5.74, 6) is -9.91. The summed E-state index contributed by atoms with van der Waals surface area (Å²) in [6.07, 6.45) is -0.269. The fourth-order valence-electron chi connectivity index (χ4n) is 9.93. The number of hydrogen-bond acceptors (Lipinski definition) is 32. The number of carboxylic acids is 6. The van der Waals surface area contributed by atoms with Crippen LogP contribution in [-0.2, 0) is 71.9 Å². The Labute approximate surface area is 690 Å². The van der Waals surface area contributed by atoms with Crippen molar-refractivity contribution in [2.75, 3.05) is 42.6 Å². The van der Waals surface area contributed by atoms with E-state index in [1.54, 1.807) is 54.6 Å². The number of fused-ring (bicyclic) bond motifs is 6. The number of phenols is 1. The lowest BCUT2D eigenvalue weighted by atomic mass is 10.1. The van der Waals surface area contributed by atoms with Crippen molar-refractivity contribution in [1.29, 1.82) is 0 Å². The maximum absolute atomic E-state index is 12.4. The zero-order chi connectivity index (χ0) is 88.3. The number of thiol groups is 1. The van der Waals surface area contributed by atoms with Gasteiger partial charge in [0.1, 0.15) is 93.4 Å². The summed E-state index contributed by atoms with van der Waals surface area (Å²) < 4.78 is 27.1. The molecular formula is C76H79N11O30S3. The molecule has 1 fully saturated rings. The zero-order valence-electron chi connectivity index (χ0n) is 62.9. The van der Waals surface area contributed by atoms with E-state index in [9.17, 15) is 91.4 Å². The highest BCUT2D eigenvalue weighted by Gasteiger charge is 2.28. The molecule has 6 unspecified atom stereocenters. The molecule has 6 amide bonds. The number of aromatic hydroxyl groups is 1. The third-order valence-electron chi connectivity index (χ3n) is 16.0. The minimum atomic E-state index is -1.26. The second kappa shape index (κ2) is 47.5. The van der Waals surface area contributed by atoms with E-state index >= 15 is 0 Å². The quantitative estimate of drug-likeness (QED) is 0.0100. The number of hydrogen-bond donors (Lipinski definition) is 16. The van der Waals surface area contributed by atoms with Gasteiger partial charge >= 0.3 is 47.8 Å². The van der Waals surface area contributed by atoms with Gasteiger partial charge in [0.15, 0.2) is 56.1 Å². The van der Waals surface area contributed by atoms with Crippen LogP contribution in [0.15, 0.2) is 149 Å². The number of carbonyl (C=O) groups excluding carboxylic acids is 9. The molecule has 41 nitrogen and oxygen atoms in total. The molecule has 44 heteroatoms. The van der Waals surface area contributed by atoms with Gasteiger partial charge in [0.2, 0.25) is 35.4 Å². The van der Waals surface area contributed by atoms with Crippen molar-refractivity contribution in [3.05, 3.63) is 153 Å². The Morgan fingerprint density at radius 2 is 1.06 bits per heavy atom. The minimum absolute atomic E-state index is 0.0369. The molecule has 0 bridgehead atoms. The fourth-order valence-corrected chi connectivity index (χ4v) is 12.2. The first-order chi connectivity index (χ1) is 56.9. The number of nitrogens with two attached hydrogens (primary N) is 2. The van der Waals surface area contributed by atoms with E-state index in [0.717, 1.165) is 17.8 Å². The highest BCUT2D eigenvalue weighted by molar-refractivity contribution is 8.00. The van der Waals surface area contributed by atoms with E-state index < -0.39 is 138 Å². The first-order valence-corrected chi connectivity index (χ1v) is 38.5. The standard InChI is InChI=1S/C25H26N4O10S.C15H9NO4.C13H19N3O7S.C12H7NO3.C11H18N2O6S/c26-15(25(36)37)3-6-21(31)27-11-20(24(35)28-12-22(32)33)40-8-7-23(34)38-14-2-5-17-19(10-14)39-18-9-13(30)1-4-16(18)29-17;1-2-15(18)19-10-4-6-12-14(8-10)20-13-7-9(17)3-5-11(13)16-12;17-9-2-1-7(13(22)23)15-10(18)3-4-24-6-8(16-9)12(21)14-5-11(19)20;14-7-1-3-9-11(5-7)16-12-6-8(15)2-4-10(12)13-9;12-6(11(18)19)1-3-9(15)13-7(5-20)8(14)2-4-10(16)17/h1-2,4-5,9-10,15,20H,3,6-8,11-12,26H2,(H,27,31)(H,28,35)(H,32,33)(H,36,37);2-8H,1H2;7-8H,1-6H2,(H,14,21)(H,15,18)(H,16,17)(H,19,20)(H,22,23);1-6,14H;6-7,20H,1-5,12H2,(H,13,15)(H,16,17)(H,18,19). The van der Waals surface area contributed by atoms with E-state index in [-0.39, 0.29) is 122 Å². The van der Waals surface area contributed by atoms with E-state index in [0.29, 0.717) is 73.4 Å². The Balaban J connectivity index is 0.000000243. The molecule has 1 saturated heterocycles. The molecule has 0 spiro atoms. The van der Waals surface area contributed by atoms with Gasteiger partial charge in [-0.3, -0.25) is 76.7 Å². The number of carboxylic acid groups (broad SMARTS) is 6. The number of Topliss-reactive ketones (excluding diaryl/α,β-unsaturated/α-hetero) is 1. The largest absolute Gasteiger partial charge is 0.508 e. The van der Waals surface area contributed by atoms with Crippen molar-refractivity contribution in [2.45, 2.75) is 99.7 Å². The summed E-state index contributed by atoms with van der Waals surface area (Å²) in [7, 11) is 0. The van der Waals surface area contributed by atoms with Gasteiger partial charge in [-0.05, 0) is 92.1 Å². The SMILES string of the molecule is C=CC(=O)Oc1ccc2nc3ccc(=O)cc-3oc2c1.NC(CCC(=O)NC(CS)C(=O)CCC(=O)O)C(=O)O.NC(CCC(=O)NCC(SCCC(=O)Oc1ccc2nc3ccc(=O)cc-3oc2c1)C(=O)NCC(=O)O)C(=O)O.O=C(O)CNC(=O)C1CSCCC(=O)NC(C(=O)O)CCC(=O)N1.O=c1ccc2nc3ccc(O)cc3oc-2c1. The van der Waals surface area contributed by atoms with Crippen LogP contribution in [0, 0.1) is 0 Å². The Morgan fingerprint density at radius 1 is 0.575 bits per heavy atom. The van der Waals surface area contributed by atoms with Gasteiger partial charge in [0.25, 0.3) is 0 Å². The third kappa shape index (κ3) is 32.8. The summed E-state index contributed by atoms with van der Waals surface area (Å²) >= 11 is 6.14. The van der Waals surface area contributed by atoms with Gasteiger partial charge in [-0.1, -0.05) is 6.58 Å². The van der Waals surface area contributed by atoms with E-state index in [1.165, 1.54) is 66.4 Å². The molecular weight excluding hydrogens is 1640 g/mol. The summed E-state index contributed by atoms with van der Waals surface area (Å²) in [5.41, 5.74) is 14.7. The average molecular weight is 1720 g/mol. The number of amides is 6. The summed E-state index contributed by atoms with van der Waals surface area (Å²) in [6, 6.07) is 21.8. The average Bonchev–Trinajstić information content (AvgIpc) is 0.803. The van der Waals surface area contributed by atoms with Crippen molar-refractivity contribution in [3.63, 3.8) is 0 Å². The molecule has 3 aromatic carbocycles. The van der Waals surface area contributed by atoms with E-state index in [2.05, 4.69) is 66.1 Å². The molecule has 7 aliphatic rings. The topological polar surface area (TPSA) is 670 Å². The minimum Gasteiger partial charge on any atom is -0.508 e. The Hall–Kier alpha value is -13.7. The molecule has 120 heavy (non-hydrogen) atoms. The second-order valence-corrected chi connectivity index (χ2v) is 28.1. The number of phenolic OH excluding ortho intramolecular Hbond substituents is 1. The first-order valence-electron chi connectivity index (χ1n) is 35.6. The monoisotopic (exact) mass is 1720 g/mol. The van der Waals surface area contributed by atoms with Crippen LogP contribution in [0.5, 0.6) is 17.2 Å². The zero-order valence-corrected chi connectivity index (χ0v) is 65.5. The third-order valence-corrected chi connectivity index (χ3v) is 18.7. The van der Waals surface area contributed by atoms with Crippen LogP contribution < -0.4 is 69.1 Å². The van der Waals surface area contributed by atoms with Crippen molar-refractivity contribution in [1.82, 2.24) is 46.9 Å². The maximum Gasteiger partial charge on any atom is 0.335 e. The molecule has 10 rings (SSSR count). The molecule has 0 aromatic heterocycles. The summed E-state index contributed by atoms with van der Waals surface area (Å²) in [5, 5.41) is 74.7. The first kappa shape index (κ1) is 95.1. The van der Waals surface area contributed by atoms with Crippen molar-refractivity contribution in [3.8, 4) is 51.6 Å². The van der Waals surface area contributed by atoms with Crippen LogP contribution in [0.2, 0.25) is 0 Å². The molecule has 0 saturated carbocycles. The number of ketones is 1. The van der Waals surface area contributed by atoms with Crippen molar-refractivity contribution < 1.29 is 130 Å². The Bertz CT molecular complexity index is 5350. The number of nitrogens with zero attached hydrogens (tertiary/aromatic N) is 3. The van der Waals surface area contributed by atoms with E-state index in [4.69, 9.17) is 64.8 Å². The number of carbonyl (C=O) groups is 15. The van der Waals surface area contributed by atoms with Gasteiger partial charge in [0.05, 0.1) is 18.9 Å². The van der Waals surface area contributed by atoms with Crippen LogP contribution in [0.4, 0.5) is 0 Å². The lowest BCUT2D eigenvalue weighted by molar-refractivity contribution is -0.142. The summed E-state index contributed by atoms with van der Waals surface area (Å²) in [4.78, 5) is 218. The lowest BCUT2D eigenvalue weighted by Gasteiger charge is -2.20. The van der Waals surface area contributed by atoms with Gasteiger partial charge in [-0.15, -0.1) is 11.8 Å². The Kier molecular flexibility index (Phi) is 37.6. The molecule has 6 atom stereocenters. The lowest BCUT2D eigenvalue weighted by Crippen LogP contribution is -2.50. The molecule has 4 aliphatic heterocycles. The number of rotatable bonds is 30. The number of benzene rings is 6. The van der Waals surface area contributed by atoms with Crippen LogP contribution in [0.1, 0.15) is 64.2 Å². The number of nitrogens with one attached hydrogen (secondary N) is 6. The number of thioether (sulfide) groups is 2. The molecule has 636 valence electrons.